The molecule has 1 aromatic rings. The molecule has 15 heavy (non-hydrogen) atoms. The van der Waals surface area contributed by atoms with E-state index >= 15 is 0 Å². The van der Waals surface area contributed by atoms with Crippen LogP contribution in [0.1, 0.15) is 11.6 Å². The summed E-state index contributed by atoms with van der Waals surface area (Å²) in [4.78, 5) is 0. The highest BCUT2D eigenvalue weighted by molar-refractivity contribution is 5.24. The first-order valence-corrected chi connectivity index (χ1v) is 5.41. The second kappa shape index (κ2) is 3.59. The number of ether oxygens (including phenoxy) is 2. The van der Waals surface area contributed by atoms with Gasteiger partial charge in [-0.1, -0.05) is 30.3 Å². The fraction of sp³-hybridized carbons (Fsp3) is 0.500. The van der Waals surface area contributed by atoms with Crippen molar-refractivity contribution in [1.29, 1.82) is 0 Å². The molecule has 0 radical (unpaired) electrons. The van der Waals surface area contributed by atoms with Gasteiger partial charge in [-0.3, -0.25) is 0 Å². The maximum Gasteiger partial charge on any atom is 0.134 e. The van der Waals surface area contributed by atoms with E-state index in [0.717, 1.165) is 13.2 Å². The second-order valence-electron chi connectivity index (χ2n) is 4.20. The van der Waals surface area contributed by atoms with Crippen molar-refractivity contribution in [3.05, 3.63) is 35.9 Å². The SMILES string of the molecule is c1ccc(C2NCCOC23COC3)cc1. The van der Waals surface area contributed by atoms with Gasteiger partial charge in [0.25, 0.3) is 0 Å². The summed E-state index contributed by atoms with van der Waals surface area (Å²) in [7, 11) is 0. The molecule has 2 aliphatic rings. The summed E-state index contributed by atoms with van der Waals surface area (Å²) in [6.07, 6.45) is 0. The predicted octanol–water partition coefficient (Wildman–Crippen LogP) is 1.12. The van der Waals surface area contributed by atoms with Crippen LogP contribution in [0.3, 0.4) is 0 Å². The highest BCUT2D eigenvalue weighted by Gasteiger charge is 2.49. The fourth-order valence-electron chi connectivity index (χ4n) is 2.35. The Morgan fingerprint density at radius 3 is 2.67 bits per heavy atom. The van der Waals surface area contributed by atoms with E-state index in [0.29, 0.717) is 13.2 Å². The summed E-state index contributed by atoms with van der Waals surface area (Å²) >= 11 is 0. The molecule has 3 nitrogen and oxygen atoms in total. The van der Waals surface area contributed by atoms with Crippen LogP contribution in [0.4, 0.5) is 0 Å². The molecule has 2 aliphatic heterocycles. The van der Waals surface area contributed by atoms with Crippen LogP contribution in [0.2, 0.25) is 0 Å². The van der Waals surface area contributed by atoms with Gasteiger partial charge in [0.05, 0.1) is 25.9 Å². The zero-order valence-electron chi connectivity index (χ0n) is 8.61. The molecule has 1 spiro atoms. The molecule has 3 heteroatoms. The number of hydrogen-bond donors (Lipinski definition) is 1. The van der Waals surface area contributed by atoms with Crippen LogP contribution in [0.5, 0.6) is 0 Å². The topological polar surface area (TPSA) is 30.5 Å². The van der Waals surface area contributed by atoms with Crippen molar-refractivity contribution in [3.63, 3.8) is 0 Å². The summed E-state index contributed by atoms with van der Waals surface area (Å²) < 4.78 is 11.2. The molecule has 2 fully saturated rings. The van der Waals surface area contributed by atoms with Crippen LogP contribution in [0, 0.1) is 0 Å². The minimum Gasteiger partial charge on any atom is -0.375 e. The second-order valence-corrected chi connectivity index (χ2v) is 4.20. The molecular weight excluding hydrogens is 190 g/mol. The normalized spacial score (nSPS) is 28.7. The van der Waals surface area contributed by atoms with Gasteiger partial charge in [0, 0.05) is 6.54 Å². The monoisotopic (exact) mass is 205 g/mol. The van der Waals surface area contributed by atoms with E-state index in [1.165, 1.54) is 5.56 Å². The molecule has 2 saturated heterocycles. The minimum atomic E-state index is -0.112. The Bertz CT molecular complexity index is 335. The Kier molecular flexibility index (Phi) is 2.24. The van der Waals surface area contributed by atoms with E-state index in [-0.39, 0.29) is 11.6 Å². The molecule has 1 atom stereocenters. The van der Waals surface area contributed by atoms with Crippen LogP contribution in [-0.2, 0) is 9.47 Å². The molecule has 1 N–H and O–H groups in total. The molecule has 3 rings (SSSR count). The quantitative estimate of drug-likeness (QED) is 0.745. The zero-order valence-corrected chi connectivity index (χ0v) is 8.61. The molecule has 1 aromatic carbocycles. The van der Waals surface area contributed by atoms with Crippen LogP contribution in [0.25, 0.3) is 0 Å². The van der Waals surface area contributed by atoms with Crippen LogP contribution in [-0.4, -0.2) is 32.0 Å². The Morgan fingerprint density at radius 2 is 2.00 bits per heavy atom. The van der Waals surface area contributed by atoms with Gasteiger partial charge in [0.15, 0.2) is 0 Å². The standard InChI is InChI=1S/C12H15NO2/c1-2-4-10(5-3-1)11-12(8-14-9-12)15-7-6-13-11/h1-5,11,13H,6-9H2. The number of morpholine rings is 1. The average Bonchev–Trinajstić information content (AvgIpc) is 2.28. The maximum atomic E-state index is 5.88. The maximum absolute atomic E-state index is 5.88. The van der Waals surface area contributed by atoms with E-state index in [2.05, 4.69) is 29.6 Å². The number of benzene rings is 1. The Labute approximate surface area is 89.4 Å². The number of hydrogen-bond acceptors (Lipinski definition) is 3. The van der Waals surface area contributed by atoms with E-state index in [9.17, 15) is 0 Å². The molecule has 0 saturated carbocycles. The third kappa shape index (κ3) is 1.47. The van der Waals surface area contributed by atoms with Crippen molar-refractivity contribution in [2.45, 2.75) is 11.6 Å². The molecule has 0 aromatic heterocycles. The number of nitrogens with one attached hydrogen (secondary N) is 1. The van der Waals surface area contributed by atoms with Crippen LogP contribution < -0.4 is 5.32 Å². The molecule has 2 heterocycles. The summed E-state index contributed by atoms with van der Waals surface area (Å²) in [5.74, 6) is 0. The Morgan fingerprint density at radius 1 is 1.20 bits per heavy atom. The van der Waals surface area contributed by atoms with E-state index < -0.39 is 0 Å². The Hall–Kier alpha value is -0.900. The first-order chi connectivity index (χ1) is 7.41. The lowest BCUT2D eigenvalue weighted by molar-refractivity contribution is -0.239. The molecule has 0 aliphatic carbocycles. The van der Waals surface area contributed by atoms with E-state index in [4.69, 9.17) is 9.47 Å². The van der Waals surface area contributed by atoms with Crippen molar-refractivity contribution in [2.24, 2.45) is 0 Å². The van der Waals surface area contributed by atoms with E-state index in [1.54, 1.807) is 0 Å². The summed E-state index contributed by atoms with van der Waals surface area (Å²) in [5.41, 5.74) is 1.18. The lowest BCUT2D eigenvalue weighted by atomic mass is 9.85. The first kappa shape index (κ1) is 9.33. The predicted molar refractivity (Wildman–Crippen MR) is 56.7 cm³/mol. The molecule has 80 valence electrons. The van der Waals surface area contributed by atoms with Crippen LogP contribution in [0.15, 0.2) is 30.3 Å². The fourth-order valence-corrected chi connectivity index (χ4v) is 2.35. The summed E-state index contributed by atoms with van der Waals surface area (Å²) in [6.45, 7) is 3.12. The smallest absolute Gasteiger partial charge is 0.134 e. The van der Waals surface area contributed by atoms with Crippen molar-refractivity contribution in [1.82, 2.24) is 5.32 Å². The van der Waals surface area contributed by atoms with Gasteiger partial charge in [0.2, 0.25) is 0 Å². The van der Waals surface area contributed by atoms with Crippen molar-refractivity contribution < 1.29 is 9.47 Å². The minimum absolute atomic E-state index is 0.112. The van der Waals surface area contributed by atoms with E-state index in [1.807, 2.05) is 6.07 Å². The number of rotatable bonds is 1. The molecular formula is C12H15NO2. The molecule has 0 amide bonds. The highest BCUT2D eigenvalue weighted by atomic mass is 16.6. The van der Waals surface area contributed by atoms with Gasteiger partial charge in [-0.25, -0.2) is 0 Å². The third-order valence-corrected chi connectivity index (χ3v) is 3.19. The van der Waals surface area contributed by atoms with Crippen molar-refractivity contribution >= 4 is 0 Å². The lowest BCUT2D eigenvalue weighted by Gasteiger charge is -2.49. The molecule has 0 bridgehead atoms. The summed E-state index contributed by atoms with van der Waals surface area (Å²) in [5, 5.41) is 3.52. The van der Waals surface area contributed by atoms with Gasteiger partial charge in [-0.15, -0.1) is 0 Å². The largest absolute Gasteiger partial charge is 0.375 e. The third-order valence-electron chi connectivity index (χ3n) is 3.19. The van der Waals surface area contributed by atoms with Gasteiger partial charge in [-0.05, 0) is 5.56 Å². The zero-order chi connectivity index (χ0) is 10.1. The lowest BCUT2D eigenvalue weighted by Crippen LogP contribution is -2.63. The highest BCUT2D eigenvalue weighted by Crippen LogP contribution is 2.37. The molecule has 1 unspecified atom stereocenters. The van der Waals surface area contributed by atoms with Gasteiger partial charge in [-0.2, -0.15) is 0 Å². The average molecular weight is 205 g/mol. The first-order valence-electron chi connectivity index (χ1n) is 5.41. The van der Waals surface area contributed by atoms with Crippen LogP contribution >= 0.6 is 0 Å². The van der Waals surface area contributed by atoms with Crippen molar-refractivity contribution in [3.8, 4) is 0 Å². The summed E-state index contributed by atoms with van der Waals surface area (Å²) in [6, 6.07) is 10.7. The van der Waals surface area contributed by atoms with Gasteiger partial charge < -0.3 is 14.8 Å². The van der Waals surface area contributed by atoms with Crippen molar-refractivity contribution in [2.75, 3.05) is 26.4 Å². The Balaban J connectivity index is 1.89. The van der Waals surface area contributed by atoms with Gasteiger partial charge in [0.1, 0.15) is 5.60 Å². The van der Waals surface area contributed by atoms with Gasteiger partial charge >= 0.3 is 0 Å².